The fourth-order valence-corrected chi connectivity index (χ4v) is 3.71. The highest BCUT2D eigenvalue weighted by Crippen LogP contribution is 2.18. The lowest BCUT2D eigenvalue weighted by atomic mass is 10.2. The second-order valence-electron chi connectivity index (χ2n) is 7.71. The van der Waals surface area contributed by atoms with Crippen LogP contribution in [0.3, 0.4) is 0 Å². The summed E-state index contributed by atoms with van der Waals surface area (Å²) < 4.78 is 0. The van der Waals surface area contributed by atoms with Gasteiger partial charge in [-0.3, -0.25) is 9.79 Å². The average molecular weight is 500 g/mol. The lowest BCUT2D eigenvalue weighted by Crippen LogP contribution is -2.45. The fourth-order valence-electron chi connectivity index (χ4n) is 3.71. The summed E-state index contributed by atoms with van der Waals surface area (Å²) in [5.74, 6) is 2.12. The molecule has 2 aliphatic heterocycles. The van der Waals surface area contributed by atoms with Crippen molar-refractivity contribution in [2.45, 2.75) is 45.7 Å². The van der Waals surface area contributed by atoms with Gasteiger partial charge in [-0.25, -0.2) is 4.98 Å². The molecule has 156 valence electrons. The Labute approximate surface area is 185 Å². The summed E-state index contributed by atoms with van der Waals surface area (Å²) in [5.41, 5.74) is 1.19. The molecule has 0 aromatic carbocycles. The molecular formula is C20H33IN6O. The van der Waals surface area contributed by atoms with E-state index >= 15 is 0 Å². The van der Waals surface area contributed by atoms with Crippen LogP contribution in [0.25, 0.3) is 0 Å². The van der Waals surface area contributed by atoms with Gasteiger partial charge < -0.3 is 20.4 Å². The summed E-state index contributed by atoms with van der Waals surface area (Å²) in [5, 5.41) is 6.83. The van der Waals surface area contributed by atoms with Crippen molar-refractivity contribution in [2.75, 3.05) is 38.1 Å². The molecule has 0 saturated carbocycles. The molecule has 3 rings (SSSR count). The van der Waals surface area contributed by atoms with Crippen molar-refractivity contribution >= 4 is 41.7 Å². The third-order valence-electron chi connectivity index (χ3n) is 5.26. The second kappa shape index (κ2) is 10.8. The Morgan fingerprint density at radius 3 is 2.75 bits per heavy atom. The van der Waals surface area contributed by atoms with Crippen molar-refractivity contribution in [3.8, 4) is 0 Å². The maximum Gasteiger partial charge on any atom is 0.225 e. The molecule has 1 unspecified atom stereocenters. The topological polar surface area (TPSA) is 72.9 Å². The number of amides is 1. The molecule has 1 atom stereocenters. The lowest BCUT2D eigenvalue weighted by molar-refractivity contribution is -0.133. The van der Waals surface area contributed by atoms with Crippen LogP contribution < -0.4 is 15.5 Å². The Kier molecular flexibility index (Phi) is 8.78. The first-order chi connectivity index (χ1) is 13.1. The van der Waals surface area contributed by atoms with E-state index in [2.05, 4.69) is 31.6 Å². The maximum absolute atomic E-state index is 12.1. The smallest absolute Gasteiger partial charge is 0.225 e. The Morgan fingerprint density at radius 2 is 2.07 bits per heavy atom. The third kappa shape index (κ3) is 5.96. The van der Waals surface area contributed by atoms with Crippen molar-refractivity contribution in [3.63, 3.8) is 0 Å². The maximum atomic E-state index is 12.1. The molecule has 1 aromatic rings. The van der Waals surface area contributed by atoms with Gasteiger partial charge in [0.1, 0.15) is 5.82 Å². The number of hydrogen-bond donors (Lipinski definition) is 2. The minimum Gasteiger partial charge on any atom is -0.357 e. The molecule has 2 saturated heterocycles. The van der Waals surface area contributed by atoms with Crippen LogP contribution >= 0.6 is 24.0 Å². The number of hydrogen-bond acceptors (Lipinski definition) is 4. The number of aromatic nitrogens is 1. The summed E-state index contributed by atoms with van der Waals surface area (Å²) in [7, 11) is 1.78. The van der Waals surface area contributed by atoms with Crippen molar-refractivity contribution < 1.29 is 4.79 Å². The zero-order valence-corrected chi connectivity index (χ0v) is 19.5. The normalized spacial score (nSPS) is 19.7. The predicted octanol–water partition coefficient (Wildman–Crippen LogP) is 2.22. The summed E-state index contributed by atoms with van der Waals surface area (Å²) in [6.45, 7) is 8.36. The van der Waals surface area contributed by atoms with Crippen LogP contribution in [0.2, 0.25) is 0 Å². The standard InChI is InChI=1S/C20H32N6O.HI/c1-15(2)19(27)26-11-7-17(14-26)24-20(21-3)23-13-16-6-8-22-18(12-16)25-9-4-5-10-25;/h6,8,12,15,17H,4-5,7,9-11,13-14H2,1-3H3,(H2,21,23,24);1H. The Morgan fingerprint density at radius 1 is 1.32 bits per heavy atom. The van der Waals surface area contributed by atoms with Crippen molar-refractivity contribution in [3.05, 3.63) is 23.9 Å². The van der Waals surface area contributed by atoms with E-state index in [1.165, 1.54) is 18.4 Å². The van der Waals surface area contributed by atoms with Crippen LogP contribution in [0.5, 0.6) is 0 Å². The van der Waals surface area contributed by atoms with E-state index in [-0.39, 0.29) is 41.8 Å². The van der Waals surface area contributed by atoms with Gasteiger partial charge in [0.25, 0.3) is 0 Å². The van der Waals surface area contributed by atoms with Gasteiger partial charge in [0.15, 0.2) is 5.96 Å². The predicted molar refractivity (Wildman–Crippen MR) is 124 cm³/mol. The van der Waals surface area contributed by atoms with E-state index in [0.717, 1.165) is 44.4 Å². The molecule has 8 heteroatoms. The molecule has 1 aromatic heterocycles. The molecule has 0 spiro atoms. The lowest BCUT2D eigenvalue weighted by Gasteiger charge is -2.20. The van der Waals surface area contributed by atoms with Gasteiger partial charge in [-0.05, 0) is 37.0 Å². The molecule has 2 fully saturated rings. The number of nitrogens with zero attached hydrogens (tertiary/aromatic N) is 4. The number of pyridine rings is 1. The van der Waals surface area contributed by atoms with Gasteiger partial charge >= 0.3 is 0 Å². The first kappa shape index (κ1) is 22.7. The van der Waals surface area contributed by atoms with E-state index in [9.17, 15) is 4.79 Å². The molecule has 2 aliphatic rings. The molecule has 3 heterocycles. The molecule has 0 bridgehead atoms. The van der Waals surface area contributed by atoms with Gasteiger partial charge in [0.2, 0.25) is 5.91 Å². The highest BCUT2D eigenvalue weighted by molar-refractivity contribution is 14.0. The summed E-state index contributed by atoms with van der Waals surface area (Å²) in [6.07, 6.45) is 5.33. The highest BCUT2D eigenvalue weighted by Gasteiger charge is 2.27. The third-order valence-corrected chi connectivity index (χ3v) is 5.26. The number of aliphatic imine (C=N–C) groups is 1. The summed E-state index contributed by atoms with van der Waals surface area (Å²) in [4.78, 5) is 25.3. The van der Waals surface area contributed by atoms with E-state index < -0.39 is 0 Å². The number of nitrogens with one attached hydrogen (secondary N) is 2. The SMILES string of the molecule is CN=C(NCc1ccnc(N2CCCC2)c1)NC1CCN(C(=O)C(C)C)C1.I. The van der Waals surface area contributed by atoms with E-state index in [0.29, 0.717) is 6.54 Å². The van der Waals surface area contributed by atoms with E-state index in [1.54, 1.807) is 7.05 Å². The zero-order valence-electron chi connectivity index (χ0n) is 17.1. The zero-order chi connectivity index (χ0) is 19.2. The Balaban J connectivity index is 0.00000280. The molecular weight excluding hydrogens is 467 g/mol. The minimum absolute atomic E-state index is 0. The van der Waals surface area contributed by atoms with Gasteiger partial charge in [-0.15, -0.1) is 24.0 Å². The number of halogens is 1. The molecule has 0 radical (unpaired) electrons. The first-order valence-corrected chi connectivity index (χ1v) is 10.0. The fraction of sp³-hybridized carbons (Fsp3) is 0.650. The number of carbonyl (C=O) groups is 1. The van der Waals surface area contributed by atoms with Crippen LogP contribution in [0.15, 0.2) is 23.3 Å². The number of rotatable bonds is 5. The van der Waals surface area contributed by atoms with Gasteiger partial charge in [0.05, 0.1) is 0 Å². The van der Waals surface area contributed by atoms with Gasteiger partial charge in [0, 0.05) is 57.9 Å². The van der Waals surface area contributed by atoms with Gasteiger partial charge in [-0.2, -0.15) is 0 Å². The largest absolute Gasteiger partial charge is 0.357 e. The quantitative estimate of drug-likeness (QED) is 0.369. The van der Waals surface area contributed by atoms with Crippen molar-refractivity contribution in [1.29, 1.82) is 0 Å². The van der Waals surface area contributed by atoms with E-state index in [4.69, 9.17) is 0 Å². The number of guanidine groups is 1. The molecule has 7 nitrogen and oxygen atoms in total. The Bertz CT molecular complexity index is 674. The molecule has 2 N–H and O–H groups in total. The number of likely N-dealkylation sites (tertiary alicyclic amines) is 1. The highest BCUT2D eigenvalue weighted by atomic mass is 127. The minimum atomic E-state index is 0. The summed E-state index contributed by atoms with van der Waals surface area (Å²) >= 11 is 0. The van der Waals surface area contributed by atoms with Crippen LogP contribution in [0.1, 0.15) is 38.7 Å². The van der Waals surface area contributed by atoms with E-state index in [1.807, 2.05) is 31.0 Å². The average Bonchev–Trinajstić information content (AvgIpc) is 3.36. The molecule has 0 aliphatic carbocycles. The number of carbonyl (C=O) groups excluding carboxylic acids is 1. The van der Waals surface area contributed by atoms with Crippen LogP contribution in [-0.4, -0.2) is 61.0 Å². The monoisotopic (exact) mass is 500 g/mol. The first-order valence-electron chi connectivity index (χ1n) is 10.0. The van der Waals surface area contributed by atoms with Crippen LogP contribution in [0.4, 0.5) is 5.82 Å². The number of anilines is 1. The van der Waals surface area contributed by atoms with Crippen LogP contribution in [0, 0.1) is 5.92 Å². The Hall–Kier alpha value is -1.58. The van der Waals surface area contributed by atoms with Crippen molar-refractivity contribution in [2.24, 2.45) is 10.9 Å². The molecule has 28 heavy (non-hydrogen) atoms. The summed E-state index contributed by atoms with van der Waals surface area (Å²) in [6, 6.07) is 4.44. The van der Waals surface area contributed by atoms with Crippen LogP contribution in [-0.2, 0) is 11.3 Å². The molecule has 1 amide bonds. The van der Waals surface area contributed by atoms with Gasteiger partial charge in [-0.1, -0.05) is 13.8 Å². The second-order valence-corrected chi connectivity index (χ2v) is 7.71. The van der Waals surface area contributed by atoms with Crippen molar-refractivity contribution in [1.82, 2.24) is 20.5 Å².